The van der Waals surface area contributed by atoms with E-state index in [1.807, 2.05) is 0 Å². The third kappa shape index (κ3) is 1.97. The summed E-state index contributed by atoms with van der Waals surface area (Å²) in [6, 6.07) is 5.16. The van der Waals surface area contributed by atoms with Crippen LogP contribution in [0.3, 0.4) is 0 Å². The Hall–Kier alpha value is -1.29. The lowest BCUT2D eigenvalue weighted by Crippen LogP contribution is -2.04. The Morgan fingerprint density at radius 3 is 2.50 bits per heavy atom. The van der Waals surface area contributed by atoms with Gasteiger partial charge in [-0.1, -0.05) is 17.7 Å². The van der Waals surface area contributed by atoms with Crippen molar-refractivity contribution in [1.29, 1.82) is 0 Å². The molecule has 5 heteroatoms. The van der Waals surface area contributed by atoms with Crippen molar-refractivity contribution in [1.82, 2.24) is 4.98 Å². The van der Waals surface area contributed by atoms with Crippen LogP contribution >= 0.6 is 11.6 Å². The third-order valence-electron chi connectivity index (χ3n) is 2.24. The number of hydrogen-bond acceptors (Lipinski definition) is 1. The van der Waals surface area contributed by atoms with Crippen LogP contribution < -0.4 is 0 Å². The Morgan fingerprint density at radius 2 is 1.88 bits per heavy atom. The van der Waals surface area contributed by atoms with Gasteiger partial charge in [0.15, 0.2) is 0 Å². The maximum Gasteiger partial charge on any atom is 0.416 e. The molecular weight excluding hydrogens is 239 g/mol. The fraction of sp³-hybridized carbons (Fsp3) is 0.182. The van der Waals surface area contributed by atoms with Crippen molar-refractivity contribution in [2.24, 2.45) is 0 Å². The average Bonchev–Trinajstić information content (AvgIpc) is 2.15. The zero-order chi connectivity index (χ0) is 11.9. The number of alkyl halides is 3. The SMILES string of the molecule is Cc1cc2ccc(C(F)(F)F)cc2c(Cl)n1. The number of aromatic nitrogens is 1. The van der Waals surface area contributed by atoms with Crippen LogP contribution in [0.1, 0.15) is 11.3 Å². The van der Waals surface area contributed by atoms with E-state index < -0.39 is 11.7 Å². The summed E-state index contributed by atoms with van der Waals surface area (Å²) in [4.78, 5) is 3.92. The molecule has 84 valence electrons. The highest BCUT2D eigenvalue weighted by Crippen LogP contribution is 2.33. The molecule has 0 atom stereocenters. The first-order valence-corrected chi connectivity index (χ1v) is 4.90. The van der Waals surface area contributed by atoms with Gasteiger partial charge in [0.25, 0.3) is 0 Å². The molecular formula is C11H7ClF3N. The summed E-state index contributed by atoms with van der Waals surface area (Å²) in [5.41, 5.74) is -0.0372. The lowest BCUT2D eigenvalue weighted by Gasteiger charge is -2.08. The third-order valence-corrected chi connectivity index (χ3v) is 2.53. The second-order valence-electron chi connectivity index (χ2n) is 3.49. The van der Waals surface area contributed by atoms with E-state index in [2.05, 4.69) is 4.98 Å². The molecule has 0 saturated carbocycles. The summed E-state index contributed by atoms with van der Waals surface area (Å²) >= 11 is 5.81. The summed E-state index contributed by atoms with van der Waals surface area (Å²) < 4.78 is 37.4. The van der Waals surface area contributed by atoms with Gasteiger partial charge in [-0.3, -0.25) is 0 Å². The quantitative estimate of drug-likeness (QED) is 0.634. The maximum atomic E-state index is 12.5. The zero-order valence-corrected chi connectivity index (χ0v) is 9.02. The van der Waals surface area contributed by atoms with Gasteiger partial charge in [0.1, 0.15) is 5.15 Å². The molecule has 16 heavy (non-hydrogen) atoms. The number of nitrogens with zero attached hydrogens (tertiary/aromatic N) is 1. The predicted molar refractivity (Wildman–Crippen MR) is 56.5 cm³/mol. The van der Waals surface area contributed by atoms with E-state index in [-0.39, 0.29) is 5.15 Å². The number of halogens is 4. The van der Waals surface area contributed by atoms with E-state index in [1.54, 1.807) is 13.0 Å². The number of hydrogen-bond donors (Lipinski definition) is 0. The summed E-state index contributed by atoms with van der Waals surface area (Å²) in [5, 5.41) is 1.08. The van der Waals surface area contributed by atoms with Crippen molar-refractivity contribution >= 4 is 22.4 Å². The molecule has 1 heterocycles. The van der Waals surface area contributed by atoms with E-state index in [0.717, 1.165) is 12.1 Å². The zero-order valence-electron chi connectivity index (χ0n) is 8.27. The van der Waals surface area contributed by atoms with E-state index in [0.29, 0.717) is 16.5 Å². The normalized spacial score (nSPS) is 12.1. The molecule has 0 fully saturated rings. The highest BCUT2D eigenvalue weighted by Gasteiger charge is 2.30. The van der Waals surface area contributed by atoms with Gasteiger partial charge in [0.05, 0.1) is 5.56 Å². The van der Waals surface area contributed by atoms with Gasteiger partial charge in [0.2, 0.25) is 0 Å². The van der Waals surface area contributed by atoms with Crippen molar-refractivity contribution in [2.45, 2.75) is 13.1 Å². The molecule has 0 aliphatic heterocycles. The van der Waals surface area contributed by atoms with Gasteiger partial charge in [-0.25, -0.2) is 4.98 Å². The molecule has 1 aromatic heterocycles. The highest BCUT2D eigenvalue weighted by molar-refractivity contribution is 6.34. The topological polar surface area (TPSA) is 12.9 Å². The molecule has 0 unspecified atom stereocenters. The Kier molecular flexibility index (Phi) is 2.54. The predicted octanol–water partition coefficient (Wildman–Crippen LogP) is 4.22. The maximum absolute atomic E-state index is 12.5. The molecule has 0 amide bonds. The molecule has 0 saturated heterocycles. The smallest absolute Gasteiger partial charge is 0.241 e. The second-order valence-corrected chi connectivity index (χ2v) is 3.85. The fourth-order valence-corrected chi connectivity index (χ4v) is 1.81. The Labute approximate surface area is 94.9 Å². The van der Waals surface area contributed by atoms with Gasteiger partial charge in [0, 0.05) is 11.1 Å². The van der Waals surface area contributed by atoms with E-state index in [9.17, 15) is 13.2 Å². The molecule has 0 aliphatic carbocycles. The number of aryl methyl sites for hydroxylation is 1. The molecule has 0 radical (unpaired) electrons. The molecule has 0 spiro atoms. The van der Waals surface area contributed by atoms with Crippen LogP contribution in [0.2, 0.25) is 5.15 Å². The highest BCUT2D eigenvalue weighted by atomic mass is 35.5. The molecule has 2 aromatic rings. The van der Waals surface area contributed by atoms with Crippen LogP contribution in [0, 0.1) is 6.92 Å². The molecule has 0 bridgehead atoms. The number of fused-ring (bicyclic) bond motifs is 1. The van der Waals surface area contributed by atoms with Gasteiger partial charge in [-0.15, -0.1) is 0 Å². The summed E-state index contributed by atoms with van der Waals surface area (Å²) in [5.74, 6) is 0. The largest absolute Gasteiger partial charge is 0.416 e. The van der Waals surface area contributed by atoms with Gasteiger partial charge in [-0.2, -0.15) is 13.2 Å². The van der Waals surface area contributed by atoms with Crippen LogP contribution in [0.5, 0.6) is 0 Å². The van der Waals surface area contributed by atoms with Crippen molar-refractivity contribution in [3.05, 3.63) is 40.7 Å². The lowest BCUT2D eigenvalue weighted by atomic mass is 10.1. The molecule has 1 aromatic carbocycles. The molecule has 0 aliphatic rings. The van der Waals surface area contributed by atoms with Crippen LogP contribution in [0.25, 0.3) is 10.8 Å². The number of benzene rings is 1. The minimum Gasteiger partial charge on any atom is -0.241 e. The number of pyridine rings is 1. The second kappa shape index (κ2) is 3.63. The summed E-state index contributed by atoms with van der Waals surface area (Å²) in [6.45, 7) is 1.74. The summed E-state index contributed by atoms with van der Waals surface area (Å²) in [7, 11) is 0. The molecule has 0 N–H and O–H groups in total. The standard InChI is InChI=1S/C11H7ClF3N/c1-6-4-7-2-3-8(11(13,14)15)5-9(7)10(12)16-6/h2-5H,1H3. The van der Waals surface area contributed by atoms with Crippen molar-refractivity contribution in [3.8, 4) is 0 Å². The van der Waals surface area contributed by atoms with E-state index in [1.165, 1.54) is 6.07 Å². The minimum absolute atomic E-state index is 0.0982. The molecule has 2 rings (SSSR count). The Balaban J connectivity index is 2.72. The van der Waals surface area contributed by atoms with Crippen LogP contribution in [0.4, 0.5) is 13.2 Å². The number of rotatable bonds is 0. The van der Waals surface area contributed by atoms with Crippen molar-refractivity contribution < 1.29 is 13.2 Å². The first-order chi connectivity index (χ1) is 7.38. The van der Waals surface area contributed by atoms with Gasteiger partial charge < -0.3 is 0 Å². The summed E-state index contributed by atoms with van der Waals surface area (Å²) in [6.07, 6.45) is -4.36. The Morgan fingerprint density at radius 1 is 1.19 bits per heavy atom. The lowest BCUT2D eigenvalue weighted by molar-refractivity contribution is -0.137. The first kappa shape index (κ1) is 11.2. The Bertz CT molecular complexity index is 549. The molecule has 1 nitrogen and oxygen atoms in total. The van der Waals surface area contributed by atoms with Crippen LogP contribution in [0.15, 0.2) is 24.3 Å². The van der Waals surface area contributed by atoms with Crippen molar-refractivity contribution in [3.63, 3.8) is 0 Å². The first-order valence-electron chi connectivity index (χ1n) is 4.52. The van der Waals surface area contributed by atoms with Gasteiger partial charge >= 0.3 is 6.18 Å². The minimum atomic E-state index is -4.36. The van der Waals surface area contributed by atoms with E-state index >= 15 is 0 Å². The van der Waals surface area contributed by atoms with Gasteiger partial charge in [-0.05, 0) is 30.5 Å². The van der Waals surface area contributed by atoms with Crippen molar-refractivity contribution in [2.75, 3.05) is 0 Å². The monoisotopic (exact) mass is 245 g/mol. The van der Waals surface area contributed by atoms with Crippen LogP contribution in [-0.2, 0) is 6.18 Å². The fourth-order valence-electron chi connectivity index (χ4n) is 1.51. The van der Waals surface area contributed by atoms with Crippen LogP contribution in [-0.4, -0.2) is 4.98 Å². The average molecular weight is 246 g/mol. The van der Waals surface area contributed by atoms with E-state index in [4.69, 9.17) is 11.6 Å².